The summed E-state index contributed by atoms with van der Waals surface area (Å²) in [6.07, 6.45) is 5.85. The van der Waals surface area contributed by atoms with Gasteiger partial charge in [-0.1, -0.05) is 12.1 Å². The van der Waals surface area contributed by atoms with E-state index in [1.165, 1.54) is 0 Å². The molecule has 6 heteroatoms. The van der Waals surface area contributed by atoms with Crippen LogP contribution in [0, 0.1) is 0 Å². The van der Waals surface area contributed by atoms with E-state index in [4.69, 9.17) is 4.74 Å². The van der Waals surface area contributed by atoms with Gasteiger partial charge in [-0.15, -0.1) is 0 Å². The zero-order valence-electron chi connectivity index (χ0n) is 13.9. The van der Waals surface area contributed by atoms with Crippen LogP contribution in [0.4, 0.5) is 10.5 Å². The molecule has 0 aliphatic carbocycles. The van der Waals surface area contributed by atoms with Crippen molar-refractivity contribution in [3.8, 4) is 5.69 Å². The van der Waals surface area contributed by atoms with Crippen molar-refractivity contribution in [3.63, 3.8) is 0 Å². The molecule has 0 atom stereocenters. The lowest BCUT2D eigenvalue weighted by Gasteiger charge is -2.19. The number of para-hydroxylation sites is 2. The highest BCUT2D eigenvalue weighted by Crippen LogP contribution is 2.19. The minimum atomic E-state index is -0.466. The summed E-state index contributed by atoms with van der Waals surface area (Å²) in [5, 5.41) is 6.13. The van der Waals surface area contributed by atoms with Crippen LogP contribution >= 0.6 is 0 Å². The number of rotatable bonds is 6. The van der Waals surface area contributed by atoms with Gasteiger partial charge >= 0.3 is 6.09 Å². The second-order valence-electron chi connectivity index (χ2n) is 6.20. The zero-order chi connectivity index (χ0) is 16.7. The number of hydrogen-bond donors (Lipinski definition) is 2. The van der Waals surface area contributed by atoms with Gasteiger partial charge in [0.15, 0.2) is 0 Å². The van der Waals surface area contributed by atoms with Crippen molar-refractivity contribution in [2.24, 2.45) is 0 Å². The molecule has 124 valence electrons. The van der Waals surface area contributed by atoms with Crippen LogP contribution in [0.5, 0.6) is 0 Å². The highest BCUT2D eigenvalue weighted by atomic mass is 16.6. The molecular formula is C17H24N4O2. The first kappa shape index (κ1) is 16.9. The maximum atomic E-state index is 11.5. The van der Waals surface area contributed by atoms with Crippen LogP contribution in [0.3, 0.4) is 0 Å². The molecule has 2 rings (SSSR count). The third-order valence-corrected chi connectivity index (χ3v) is 3.02. The Labute approximate surface area is 136 Å². The van der Waals surface area contributed by atoms with Gasteiger partial charge in [-0.05, 0) is 39.3 Å². The molecule has 1 amide bonds. The minimum Gasteiger partial charge on any atom is -0.444 e. The largest absolute Gasteiger partial charge is 0.444 e. The number of nitrogens with one attached hydrogen (secondary N) is 2. The fourth-order valence-electron chi connectivity index (χ4n) is 2.07. The molecule has 23 heavy (non-hydrogen) atoms. The lowest BCUT2D eigenvalue weighted by Crippen LogP contribution is -2.33. The van der Waals surface area contributed by atoms with Gasteiger partial charge in [0.1, 0.15) is 5.60 Å². The summed E-state index contributed by atoms with van der Waals surface area (Å²) >= 11 is 0. The average Bonchev–Trinajstić information content (AvgIpc) is 2.99. The number of carbonyl (C=O) groups is 1. The summed E-state index contributed by atoms with van der Waals surface area (Å²) in [6.45, 7) is 6.86. The van der Waals surface area contributed by atoms with Gasteiger partial charge < -0.3 is 19.9 Å². The fraction of sp³-hybridized carbons (Fsp3) is 0.412. The third-order valence-electron chi connectivity index (χ3n) is 3.02. The van der Waals surface area contributed by atoms with E-state index >= 15 is 0 Å². The molecule has 0 aliphatic heterocycles. The molecule has 6 nitrogen and oxygen atoms in total. The van der Waals surface area contributed by atoms with Crippen LogP contribution in [-0.4, -0.2) is 34.3 Å². The summed E-state index contributed by atoms with van der Waals surface area (Å²) in [4.78, 5) is 15.6. The third kappa shape index (κ3) is 5.65. The number of carbonyl (C=O) groups excluding carboxylic acids is 1. The molecule has 0 fully saturated rings. The molecule has 1 heterocycles. The molecule has 0 unspecified atom stereocenters. The second kappa shape index (κ2) is 7.67. The van der Waals surface area contributed by atoms with E-state index in [2.05, 4.69) is 15.6 Å². The number of imidazole rings is 1. The van der Waals surface area contributed by atoms with E-state index in [0.29, 0.717) is 6.54 Å². The van der Waals surface area contributed by atoms with Crippen molar-refractivity contribution >= 4 is 11.8 Å². The lowest BCUT2D eigenvalue weighted by atomic mass is 10.2. The SMILES string of the molecule is CC(C)(C)OC(=O)NCCCNc1ccccc1-n1ccnc1. The van der Waals surface area contributed by atoms with Crippen molar-refractivity contribution in [1.82, 2.24) is 14.9 Å². The molecule has 0 aliphatic rings. The highest BCUT2D eigenvalue weighted by molar-refractivity contribution is 5.67. The fourth-order valence-corrected chi connectivity index (χ4v) is 2.07. The number of amides is 1. The Kier molecular flexibility index (Phi) is 5.62. The van der Waals surface area contributed by atoms with Gasteiger partial charge in [-0.2, -0.15) is 0 Å². The van der Waals surface area contributed by atoms with Crippen molar-refractivity contribution in [1.29, 1.82) is 0 Å². The molecule has 1 aromatic heterocycles. The predicted molar refractivity (Wildman–Crippen MR) is 90.9 cm³/mol. The predicted octanol–water partition coefficient (Wildman–Crippen LogP) is 3.20. The maximum absolute atomic E-state index is 11.5. The Bertz CT molecular complexity index is 618. The van der Waals surface area contributed by atoms with Gasteiger partial charge in [-0.3, -0.25) is 0 Å². The van der Waals surface area contributed by atoms with E-state index in [9.17, 15) is 4.79 Å². The standard InChI is InChI=1S/C17H24N4O2/c1-17(2,3)23-16(22)20-10-6-9-19-14-7-4-5-8-15(14)21-12-11-18-13-21/h4-5,7-8,11-13,19H,6,9-10H2,1-3H3,(H,20,22). The molecule has 0 spiro atoms. The Morgan fingerprint density at radius 3 is 2.74 bits per heavy atom. The first-order chi connectivity index (χ1) is 11.0. The van der Waals surface area contributed by atoms with Crippen LogP contribution in [0.1, 0.15) is 27.2 Å². The average molecular weight is 316 g/mol. The molecule has 0 radical (unpaired) electrons. The first-order valence-corrected chi connectivity index (χ1v) is 7.74. The van der Waals surface area contributed by atoms with Crippen LogP contribution in [0.2, 0.25) is 0 Å². The monoisotopic (exact) mass is 316 g/mol. The van der Waals surface area contributed by atoms with Crippen molar-refractivity contribution in [3.05, 3.63) is 43.0 Å². The number of aromatic nitrogens is 2. The van der Waals surface area contributed by atoms with E-state index in [1.54, 1.807) is 12.5 Å². The Balaban J connectivity index is 1.76. The molecule has 0 saturated carbocycles. The van der Waals surface area contributed by atoms with Gasteiger partial charge in [0.2, 0.25) is 0 Å². The zero-order valence-corrected chi connectivity index (χ0v) is 13.9. The van der Waals surface area contributed by atoms with Crippen LogP contribution in [-0.2, 0) is 4.74 Å². The molecular weight excluding hydrogens is 292 g/mol. The molecule has 0 bridgehead atoms. The van der Waals surface area contributed by atoms with Gasteiger partial charge in [-0.25, -0.2) is 9.78 Å². The maximum Gasteiger partial charge on any atom is 0.407 e. The summed E-state index contributed by atoms with van der Waals surface area (Å²) in [7, 11) is 0. The molecule has 0 saturated heterocycles. The molecule has 1 aromatic carbocycles. The van der Waals surface area contributed by atoms with E-state index < -0.39 is 5.60 Å². The normalized spacial score (nSPS) is 11.1. The van der Waals surface area contributed by atoms with Crippen molar-refractivity contribution in [2.45, 2.75) is 32.8 Å². The summed E-state index contributed by atoms with van der Waals surface area (Å²) < 4.78 is 7.15. The lowest BCUT2D eigenvalue weighted by molar-refractivity contribution is 0.0528. The van der Waals surface area contributed by atoms with Crippen molar-refractivity contribution in [2.75, 3.05) is 18.4 Å². The van der Waals surface area contributed by atoms with Crippen LogP contribution in [0.15, 0.2) is 43.0 Å². The summed E-state index contributed by atoms with van der Waals surface area (Å²) in [6, 6.07) is 8.03. The van der Waals surface area contributed by atoms with E-state index in [-0.39, 0.29) is 6.09 Å². The number of benzene rings is 1. The Morgan fingerprint density at radius 1 is 1.26 bits per heavy atom. The van der Waals surface area contributed by atoms with Crippen molar-refractivity contribution < 1.29 is 9.53 Å². The molecule has 2 N–H and O–H groups in total. The smallest absolute Gasteiger partial charge is 0.407 e. The number of anilines is 1. The van der Waals surface area contributed by atoms with E-state index in [0.717, 1.165) is 24.3 Å². The summed E-state index contributed by atoms with van der Waals surface area (Å²) in [5.74, 6) is 0. The number of hydrogen-bond acceptors (Lipinski definition) is 4. The number of ether oxygens (including phenoxy) is 1. The Hall–Kier alpha value is -2.50. The van der Waals surface area contributed by atoms with Gasteiger partial charge in [0, 0.05) is 25.5 Å². The van der Waals surface area contributed by atoms with Gasteiger partial charge in [0.25, 0.3) is 0 Å². The highest BCUT2D eigenvalue weighted by Gasteiger charge is 2.15. The molecule has 2 aromatic rings. The summed E-state index contributed by atoms with van der Waals surface area (Å²) in [5.41, 5.74) is 1.61. The number of nitrogens with zero attached hydrogens (tertiary/aromatic N) is 2. The topological polar surface area (TPSA) is 68.2 Å². The minimum absolute atomic E-state index is 0.378. The quantitative estimate of drug-likeness (QED) is 0.803. The Morgan fingerprint density at radius 2 is 2.04 bits per heavy atom. The van der Waals surface area contributed by atoms with E-state index in [1.807, 2.05) is 55.8 Å². The van der Waals surface area contributed by atoms with Gasteiger partial charge in [0.05, 0.1) is 17.7 Å². The first-order valence-electron chi connectivity index (χ1n) is 7.74. The second-order valence-corrected chi connectivity index (χ2v) is 6.20. The van der Waals surface area contributed by atoms with Crippen LogP contribution in [0.25, 0.3) is 5.69 Å². The van der Waals surface area contributed by atoms with Crippen LogP contribution < -0.4 is 10.6 Å². The number of alkyl carbamates (subject to hydrolysis) is 1.